The number of hydrogen-bond acceptors (Lipinski definition) is 4. The standard InChI is InChI=1S/C11H18N4O2S/c1-6-7-15-8(12-13-9(15)18)14(5)10(16)17-11(2,3)4/h6H,1,7H2,2-5H3,(H,13,18). The van der Waals surface area contributed by atoms with Gasteiger partial charge in [-0.3, -0.25) is 4.57 Å². The van der Waals surface area contributed by atoms with Crippen LogP contribution in [0.15, 0.2) is 12.7 Å². The Hall–Kier alpha value is -1.63. The molecular weight excluding hydrogens is 252 g/mol. The molecule has 100 valence electrons. The van der Waals surface area contributed by atoms with E-state index >= 15 is 0 Å². The van der Waals surface area contributed by atoms with E-state index in [4.69, 9.17) is 17.0 Å². The van der Waals surface area contributed by atoms with Gasteiger partial charge in [-0.15, -0.1) is 11.7 Å². The van der Waals surface area contributed by atoms with Crippen molar-refractivity contribution < 1.29 is 9.53 Å². The quantitative estimate of drug-likeness (QED) is 0.677. The average molecular weight is 270 g/mol. The molecule has 0 saturated heterocycles. The second kappa shape index (κ2) is 5.34. The number of ether oxygens (including phenoxy) is 1. The zero-order chi connectivity index (χ0) is 13.9. The number of anilines is 1. The lowest BCUT2D eigenvalue weighted by atomic mass is 10.2. The van der Waals surface area contributed by atoms with E-state index in [0.717, 1.165) is 0 Å². The van der Waals surface area contributed by atoms with Crippen molar-refractivity contribution in [1.29, 1.82) is 0 Å². The van der Waals surface area contributed by atoms with Gasteiger partial charge in [0.2, 0.25) is 5.95 Å². The molecule has 0 saturated carbocycles. The first-order chi connectivity index (χ1) is 8.26. The number of amides is 1. The molecule has 0 aliphatic heterocycles. The number of aromatic nitrogens is 3. The predicted molar refractivity (Wildman–Crippen MR) is 72.2 cm³/mol. The summed E-state index contributed by atoms with van der Waals surface area (Å²) in [4.78, 5) is 13.2. The fraction of sp³-hybridized carbons (Fsp3) is 0.545. The van der Waals surface area contributed by atoms with E-state index in [0.29, 0.717) is 17.3 Å². The number of carbonyl (C=O) groups excluding carboxylic acids is 1. The number of aromatic amines is 1. The Morgan fingerprint density at radius 3 is 2.78 bits per heavy atom. The Morgan fingerprint density at radius 1 is 1.67 bits per heavy atom. The number of nitrogens with one attached hydrogen (secondary N) is 1. The number of nitrogens with zero attached hydrogens (tertiary/aromatic N) is 3. The van der Waals surface area contributed by atoms with Crippen LogP contribution in [-0.2, 0) is 11.3 Å². The molecule has 1 aromatic heterocycles. The van der Waals surface area contributed by atoms with Gasteiger partial charge in [0.25, 0.3) is 0 Å². The topological polar surface area (TPSA) is 63.1 Å². The van der Waals surface area contributed by atoms with E-state index < -0.39 is 11.7 Å². The monoisotopic (exact) mass is 270 g/mol. The van der Waals surface area contributed by atoms with Crippen molar-refractivity contribution in [2.75, 3.05) is 11.9 Å². The highest BCUT2D eigenvalue weighted by Crippen LogP contribution is 2.15. The molecule has 1 rings (SSSR count). The molecule has 0 aliphatic carbocycles. The van der Waals surface area contributed by atoms with E-state index in [1.165, 1.54) is 4.90 Å². The van der Waals surface area contributed by atoms with E-state index in [1.807, 2.05) is 0 Å². The van der Waals surface area contributed by atoms with Gasteiger partial charge in [0.15, 0.2) is 4.77 Å². The number of H-pyrrole nitrogens is 1. The van der Waals surface area contributed by atoms with E-state index in [9.17, 15) is 4.79 Å². The third kappa shape index (κ3) is 3.43. The summed E-state index contributed by atoms with van der Waals surface area (Å²) in [5.74, 6) is 0.397. The van der Waals surface area contributed by atoms with Crippen LogP contribution in [0.25, 0.3) is 0 Å². The SMILES string of the molecule is C=CCn1c(N(C)C(=O)OC(C)(C)C)n[nH]c1=S. The zero-order valence-electron chi connectivity index (χ0n) is 11.1. The van der Waals surface area contributed by atoms with Crippen molar-refractivity contribution in [2.24, 2.45) is 0 Å². The lowest BCUT2D eigenvalue weighted by molar-refractivity contribution is 0.0586. The number of allylic oxidation sites excluding steroid dienone is 1. The second-order valence-electron chi connectivity index (χ2n) is 4.77. The maximum Gasteiger partial charge on any atom is 0.416 e. The van der Waals surface area contributed by atoms with Gasteiger partial charge >= 0.3 is 6.09 Å². The zero-order valence-corrected chi connectivity index (χ0v) is 11.9. The molecule has 18 heavy (non-hydrogen) atoms. The Balaban J connectivity index is 2.97. The van der Waals surface area contributed by atoms with Gasteiger partial charge in [0, 0.05) is 13.6 Å². The smallest absolute Gasteiger partial charge is 0.416 e. The molecule has 6 nitrogen and oxygen atoms in total. The molecule has 7 heteroatoms. The number of carbonyl (C=O) groups is 1. The molecule has 0 unspecified atom stereocenters. The van der Waals surface area contributed by atoms with Crippen molar-refractivity contribution in [3.05, 3.63) is 17.4 Å². The highest BCUT2D eigenvalue weighted by Gasteiger charge is 2.23. The van der Waals surface area contributed by atoms with Crippen LogP contribution >= 0.6 is 12.2 Å². The molecule has 0 bridgehead atoms. The molecule has 0 fully saturated rings. The van der Waals surface area contributed by atoms with Crippen LogP contribution in [0.4, 0.5) is 10.7 Å². The minimum absolute atomic E-state index is 0.397. The van der Waals surface area contributed by atoms with Crippen molar-refractivity contribution in [3.63, 3.8) is 0 Å². The number of hydrogen-bond donors (Lipinski definition) is 1. The summed E-state index contributed by atoms with van der Waals surface area (Å²) in [7, 11) is 1.58. The van der Waals surface area contributed by atoms with Gasteiger partial charge in [-0.05, 0) is 33.0 Å². The molecule has 0 radical (unpaired) electrons. The van der Waals surface area contributed by atoms with E-state index in [-0.39, 0.29) is 0 Å². The second-order valence-corrected chi connectivity index (χ2v) is 5.15. The maximum absolute atomic E-state index is 11.9. The molecule has 0 spiro atoms. The Kier molecular flexibility index (Phi) is 4.28. The van der Waals surface area contributed by atoms with Crippen molar-refractivity contribution in [3.8, 4) is 0 Å². The third-order valence-corrected chi connectivity index (χ3v) is 2.33. The van der Waals surface area contributed by atoms with Crippen molar-refractivity contribution >= 4 is 24.3 Å². The maximum atomic E-state index is 11.9. The summed E-state index contributed by atoms with van der Waals surface area (Å²) >= 11 is 5.07. The highest BCUT2D eigenvalue weighted by atomic mass is 32.1. The fourth-order valence-electron chi connectivity index (χ4n) is 1.27. The molecule has 1 heterocycles. The molecule has 0 aromatic carbocycles. The van der Waals surface area contributed by atoms with Crippen LogP contribution in [0.3, 0.4) is 0 Å². The molecule has 1 N–H and O–H groups in total. The van der Waals surface area contributed by atoms with Gasteiger partial charge in [0.05, 0.1) is 0 Å². The average Bonchev–Trinajstić information content (AvgIpc) is 2.58. The lowest BCUT2D eigenvalue weighted by Gasteiger charge is -2.24. The molecular formula is C11H18N4O2S. The summed E-state index contributed by atoms with van der Waals surface area (Å²) in [6, 6.07) is 0. The molecule has 1 aromatic rings. The lowest BCUT2D eigenvalue weighted by Crippen LogP contribution is -2.35. The molecule has 1 amide bonds. The first-order valence-electron chi connectivity index (χ1n) is 5.49. The van der Waals surface area contributed by atoms with E-state index in [1.54, 1.807) is 38.5 Å². The van der Waals surface area contributed by atoms with Crippen LogP contribution in [-0.4, -0.2) is 33.5 Å². The third-order valence-electron chi connectivity index (χ3n) is 2.02. The Labute approximate surface area is 111 Å². The van der Waals surface area contributed by atoms with Gasteiger partial charge in [-0.1, -0.05) is 6.08 Å². The minimum atomic E-state index is -0.554. The first kappa shape index (κ1) is 14.4. The van der Waals surface area contributed by atoms with Gasteiger partial charge < -0.3 is 4.74 Å². The largest absolute Gasteiger partial charge is 0.443 e. The summed E-state index contributed by atoms with van der Waals surface area (Å²) < 4.78 is 7.35. The van der Waals surface area contributed by atoms with Crippen LogP contribution in [0, 0.1) is 4.77 Å². The van der Waals surface area contributed by atoms with E-state index in [2.05, 4.69) is 16.8 Å². The van der Waals surface area contributed by atoms with Crippen molar-refractivity contribution in [2.45, 2.75) is 32.9 Å². The number of rotatable bonds is 3. The fourth-order valence-corrected chi connectivity index (χ4v) is 1.47. The summed E-state index contributed by atoms with van der Waals surface area (Å²) in [5, 5.41) is 6.65. The van der Waals surface area contributed by atoms with Gasteiger partial charge in [-0.25, -0.2) is 14.8 Å². The molecule has 0 atom stereocenters. The highest BCUT2D eigenvalue weighted by molar-refractivity contribution is 7.71. The summed E-state index contributed by atoms with van der Waals surface area (Å²) in [6.45, 7) is 9.52. The van der Waals surface area contributed by atoms with Crippen molar-refractivity contribution in [1.82, 2.24) is 14.8 Å². The van der Waals surface area contributed by atoms with Crippen LogP contribution in [0.2, 0.25) is 0 Å². The van der Waals surface area contributed by atoms with Crippen LogP contribution in [0.5, 0.6) is 0 Å². The van der Waals surface area contributed by atoms with Crippen LogP contribution in [0.1, 0.15) is 20.8 Å². The van der Waals surface area contributed by atoms with Crippen LogP contribution < -0.4 is 4.90 Å². The summed E-state index contributed by atoms with van der Waals surface area (Å²) in [6.07, 6.45) is 1.19. The van der Waals surface area contributed by atoms with Gasteiger partial charge in [0.1, 0.15) is 5.60 Å². The predicted octanol–water partition coefficient (Wildman–Crippen LogP) is 2.50. The Morgan fingerprint density at radius 2 is 2.28 bits per heavy atom. The summed E-state index contributed by atoms with van der Waals surface area (Å²) in [5.41, 5.74) is -0.554. The van der Waals surface area contributed by atoms with Gasteiger partial charge in [-0.2, -0.15) is 0 Å². The Bertz CT molecular complexity index is 498. The molecule has 0 aliphatic rings. The normalized spacial score (nSPS) is 11.1. The first-order valence-corrected chi connectivity index (χ1v) is 5.90. The minimum Gasteiger partial charge on any atom is -0.443 e.